The first-order valence-electron chi connectivity index (χ1n) is 7.84. The number of carbonyl (C=O) groups is 2. The van der Waals surface area contributed by atoms with Crippen molar-refractivity contribution in [2.24, 2.45) is 11.8 Å². The minimum absolute atomic E-state index is 0.0145. The van der Waals surface area contributed by atoms with Crippen molar-refractivity contribution in [3.8, 4) is 12.1 Å². The van der Waals surface area contributed by atoms with Gasteiger partial charge in [-0.2, -0.15) is 10.5 Å². The molecule has 1 aromatic rings. The van der Waals surface area contributed by atoms with Gasteiger partial charge in [0.25, 0.3) is 0 Å². The van der Waals surface area contributed by atoms with Crippen molar-refractivity contribution >= 4 is 11.9 Å². The van der Waals surface area contributed by atoms with Gasteiger partial charge in [0, 0.05) is 12.8 Å². The van der Waals surface area contributed by atoms with E-state index in [1.807, 2.05) is 6.07 Å². The lowest BCUT2D eigenvalue weighted by Gasteiger charge is -2.24. The first-order chi connectivity index (χ1) is 11.5. The zero-order valence-electron chi connectivity index (χ0n) is 13.4. The molecule has 124 valence electrons. The topological polar surface area (TPSA) is 100 Å². The fourth-order valence-corrected chi connectivity index (χ4v) is 2.64. The maximum Gasteiger partial charge on any atom is 0.341 e. The Morgan fingerprint density at radius 1 is 1.08 bits per heavy atom. The molecule has 0 bridgehead atoms. The molecule has 0 amide bonds. The van der Waals surface area contributed by atoms with Crippen molar-refractivity contribution in [3.63, 3.8) is 0 Å². The Morgan fingerprint density at radius 2 is 1.71 bits per heavy atom. The van der Waals surface area contributed by atoms with E-state index in [1.54, 1.807) is 0 Å². The SMILES string of the molecule is CC(OC(=O)c1ccc(C#N)cc1)OC(=O)[C@H]1CC[C@H](C#N)CC1. The van der Waals surface area contributed by atoms with Gasteiger partial charge < -0.3 is 9.47 Å². The number of nitriles is 2. The molecular formula is C18H18N2O4. The molecule has 0 N–H and O–H groups in total. The van der Waals surface area contributed by atoms with Crippen molar-refractivity contribution in [1.29, 1.82) is 10.5 Å². The molecule has 0 aromatic heterocycles. The smallest absolute Gasteiger partial charge is 0.341 e. The number of nitrogens with zero attached hydrogens (tertiary/aromatic N) is 2. The van der Waals surface area contributed by atoms with Crippen LogP contribution in [-0.2, 0) is 14.3 Å². The lowest BCUT2D eigenvalue weighted by atomic mass is 9.83. The fraction of sp³-hybridized carbons (Fsp3) is 0.444. The Morgan fingerprint density at radius 3 is 2.25 bits per heavy atom. The number of ether oxygens (including phenoxy) is 2. The molecule has 0 aliphatic heterocycles. The van der Waals surface area contributed by atoms with Crippen LogP contribution in [0.15, 0.2) is 24.3 Å². The fourth-order valence-electron chi connectivity index (χ4n) is 2.64. The number of benzene rings is 1. The predicted octanol–water partition coefficient (Wildman–Crippen LogP) is 2.93. The third kappa shape index (κ3) is 4.57. The van der Waals surface area contributed by atoms with Crippen LogP contribution < -0.4 is 0 Å². The Labute approximate surface area is 140 Å². The largest absolute Gasteiger partial charge is 0.425 e. The van der Waals surface area contributed by atoms with E-state index in [1.165, 1.54) is 31.2 Å². The summed E-state index contributed by atoms with van der Waals surface area (Å²) < 4.78 is 10.3. The van der Waals surface area contributed by atoms with Gasteiger partial charge in [0.05, 0.1) is 29.2 Å². The second-order valence-electron chi connectivity index (χ2n) is 5.78. The molecule has 1 fully saturated rings. The molecule has 0 spiro atoms. The van der Waals surface area contributed by atoms with Gasteiger partial charge in [0.1, 0.15) is 0 Å². The van der Waals surface area contributed by atoms with E-state index >= 15 is 0 Å². The van der Waals surface area contributed by atoms with Crippen LogP contribution in [0.3, 0.4) is 0 Å². The normalized spacial score (nSPS) is 21.0. The van der Waals surface area contributed by atoms with E-state index in [2.05, 4.69) is 6.07 Å². The van der Waals surface area contributed by atoms with E-state index < -0.39 is 18.2 Å². The minimum atomic E-state index is -0.991. The maximum absolute atomic E-state index is 12.1. The van der Waals surface area contributed by atoms with Gasteiger partial charge in [-0.3, -0.25) is 4.79 Å². The summed E-state index contributed by atoms with van der Waals surface area (Å²) in [7, 11) is 0. The Hall–Kier alpha value is -2.86. The molecule has 0 saturated heterocycles. The summed E-state index contributed by atoms with van der Waals surface area (Å²) in [4.78, 5) is 24.0. The highest BCUT2D eigenvalue weighted by Gasteiger charge is 2.29. The molecule has 1 atom stereocenters. The van der Waals surface area contributed by atoms with Crippen LogP contribution in [0.2, 0.25) is 0 Å². The standard InChI is InChI=1S/C18H18N2O4/c1-12(23-17(21)15-6-2-13(10-19)3-7-15)24-18(22)16-8-4-14(11-20)5-9-16/h2-3,6-7,12,14,16H,4-5,8-9H2,1H3/t12?,14-,16-. The second kappa shape index (κ2) is 8.12. The van der Waals surface area contributed by atoms with Crippen LogP contribution in [0.1, 0.15) is 48.5 Å². The number of hydrogen-bond donors (Lipinski definition) is 0. The van der Waals surface area contributed by atoms with Crippen LogP contribution in [0.25, 0.3) is 0 Å². The molecule has 24 heavy (non-hydrogen) atoms. The molecule has 1 aliphatic carbocycles. The molecule has 1 aromatic carbocycles. The highest BCUT2D eigenvalue weighted by atomic mass is 16.7. The number of rotatable bonds is 4. The highest BCUT2D eigenvalue weighted by molar-refractivity contribution is 5.89. The third-order valence-electron chi connectivity index (χ3n) is 4.05. The monoisotopic (exact) mass is 326 g/mol. The van der Waals surface area contributed by atoms with Crippen LogP contribution in [0.4, 0.5) is 0 Å². The predicted molar refractivity (Wildman–Crippen MR) is 83.2 cm³/mol. The van der Waals surface area contributed by atoms with E-state index in [-0.39, 0.29) is 17.4 Å². The van der Waals surface area contributed by atoms with Gasteiger partial charge in [-0.25, -0.2) is 4.79 Å². The van der Waals surface area contributed by atoms with E-state index in [4.69, 9.17) is 20.0 Å². The molecule has 1 unspecified atom stereocenters. The number of hydrogen-bond acceptors (Lipinski definition) is 6. The maximum atomic E-state index is 12.1. The lowest BCUT2D eigenvalue weighted by molar-refractivity contribution is -0.171. The van der Waals surface area contributed by atoms with Gasteiger partial charge in [-0.1, -0.05) is 0 Å². The zero-order valence-corrected chi connectivity index (χ0v) is 13.4. The highest BCUT2D eigenvalue weighted by Crippen LogP contribution is 2.29. The van der Waals surface area contributed by atoms with E-state index in [0.717, 1.165) is 0 Å². The molecule has 0 radical (unpaired) electrons. The van der Waals surface area contributed by atoms with Gasteiger partial charge in [-0.15, -0.1) is 0 Å². The van der Waals surface area contributed by atoms with Crippen molar-refractivity contribution in [3.05, 3.63) is 35.4 Å². The van der Waals surface area contributed by atoms with Crippen LogP contribution >= 0.6 is 0 Å². The Balaban J connectivity index is 1.83. The molecule has 1 saturated carbocycles. The summed E-state index contributed by atoms with van der Waals surface area (Å²) >= 11 is 0. The van der Waals surface area contributed by atoms with Gasteiger partial charge in [0.2, 0.25) is 6.29 Å². The molecule has 2 rings (SSSR count). The van der Waals surface area contributed by atoms with Crippen molar-refractivity contribution < 1.29 is 19.1 Å². The summed E-state index contributed by atoms with van der Waals surface area (Å²) in [6.45, 7) is 1.49. The van der Waals surface area contributed by atoms with E-state index in [9.17, 15) is 9.59 Å². The van der Waals surface area contributed by atoms with Crippen molar-refractivity contribution in [1.82, 2.24) is 0 Å². The number of esters is 2. The van der Waals surface area contributed by atoms with Gasteiger partial charge in [0.15, 0.2) is 0 Å². The Bertz CT molecular complexity index is 676. The summed E-state index contributed by atoms with van der Waals surface area (Å²) in [5.74, 6) is -1.24. The van der Waals surface area contributed by atoms with Gasteiger partial charge >= 0.3 is 11.9 Å². The molecule has 6 heteroatoms. The third-order valence-corrected chi connectivity index (χ3v) is 4.05. The van der Waals surface area contributed by atoms with E-state index in [0.29, 0.717) is 31.2 Å². The van der Waals surface area contributed by atoms with Crippen LogP contribution in [0, 0.1) is 34.5 Å². The molecule has 1 aliphatic rings. The lowest BCUT2D eigenvalue weighted by Crippen LogP contribution is -2.28. The van der Waals surface area contributed by atoms with Crippen molar-refractivity contribution in [2.45, 2.75) is 38.9 Å². The average molecular weight is 326 g/mol. The summed E-state index contributed by atoms with van der Waals surface area (Å²) in [6, 6.07) is 10.2. The first-order valence-corrected chi connectivity index (χ1v) is 7.84. The zero-order chi connectivity index (χ0) is 17.5. The quantitative estimate of drug-likeness (QED) is 0.623. The van der Waals surface area contributed by atoms with Crippen LogP contribution in [-0.4, -0.2) is 18.2 Å². The number of carbonyl (C=O) groups excluding carboxylic acids is 2. The first kappa shape index (κ1) is 17.5. The second-order valence-corrected chi connectivity index (χ2v) is 5.78. The minimum Gasteiger partial charge on any atom is -0.425 e. The van der Waals surface area contributed by atoms with Crippen LogP contribution in [0.5, 0.6) is 0 Å². The average Bonchev–Trinajstić information content (AvgIpc) is 2.61. The Kier molecular flexibility index (Phi) is 5.92. The molecular weight excluding hydrogens is 308 g/mol. The summed E-state index contributed by atoms with van der Waals surface area (Å²) in [5.41, 5.74) is 0.727. The van der Waals surface area contributed by atoms with Crippen molar-refractivity contribution in [2.75, 3.05) is 0 Å². The summed E-state index contributed by atoms with van der Waals surface area (Å²) in [5, 5.41) is 17.6. The molecule has 6 nitrogen and oxygen atoms in total. The van der Waals surface area contributed by atoms with Gasteiger partial charge in [-0.05, 0) is 49.9 Å². The molecule has 0 heterocycles. The summed E-state index contributed by atoms with van der Waals surface area (Å²) in [6.07, 6.45) is 1.63.